The lowest BCUT2D eigenvalue weighted by Crippen LogP contribution is -2.65. The Kier molecular flexibility index (Phi) is 11.0. The van der Waals surface area contributed by atoms with Gasteiger partial charge in [-0.3, -0.25) is 19.2 Å². The first kappa shape index (κ1) is 33.7. The SMILES string of the molecule is CC(=O)N[C@H]1[C@@H](OC(C)=O)[C@@H](OC(C)=O)[C@@H](COC(C)=O)O[C@H]1Sc1nc2ccccc2n1CCCOc1ccc2ccccc2c1. The average Bonchev–Trinajstić information content (AvgIpc) is 3.37. The Balaban J connectivity index is 1.41. The van der Waals surface area contributed by atoms with Crippen LogP contribution in [0.5, 0.6) is 5.75 Å². The molecule has 3 aromatic carbocycles. The third-order valence-electron chi connectivity index (χ3n) is 7.43. The summed E-state index contributed by atoms with van der Waals surface area (Å²) in [6.07, 6.45) is -2.68. The third kappa shape index (κ3) is 8.60. The standard InChI is InChI=1S/C34H37N3O9S/c1-20(38)35-30-32(45-23(4)41)31(44-22(3)40)29(19-43-21(2)39)46-33(30)47-34-36-27-12-7-8-13-28(27)37(34)16-9-17-42-26-15-14-24-10-5-6-11-25(24)18-26/h5-8,10-15,18,29-33H,9,16-17,19H2,1-4H3,(H,35,38)/t29-,30+,31+,32-,33+/m1/s1. The van der Waals surface area contributed by atoms with Crippen molar-refractivity contribution in [3.05, 3.63) is 66.7 Å². The van der Waals surface area contributed by atoms with Crippen molar-refractivity contribution in [2.24, 2.45) is 0 Å². The number of thioether (sulfide) groups is 1. The molecular formula is C34H37N3O9S. The van der Waals surface area contributed by atoms with E-state index in [2.05, 4.69) is 11.4 Å². The molecule has 1 aromatic heterocycles. The highest BCUT2D eigenvalue weighted by atomic mass is 32.2. The first-order valence-corrected chi connectivity index (χ1v) is 16.1. The van der Waals surface area contributed by atoms with Crippen molar-refractivity contribution in [3.63, 3.8) is 0 Å². The van der Waals surface area contributed by atoms with Crippen molar-refractivity contribution >= 4 is 57.4 Å². The summed E-state index contributed by atoms with van der Waals surface area (Å²) in [5.41, 5.74) is 0.751. The number of hydrogen-bond donors (Lipinski definition) is 1. The maximum atomic E-state index is 12.4. The summed E-state index contributed by atoms with van der Waals surface area (Å²) in [7, 11) is 0. The van der Waals surface area contributed by atoms with Gasteiger partial charge in [-0.25, -0.2) is 4.98 Å². The molecule has 1 aliphatic rings. The van der Waals surface area contributed by atoms with Crippen molar-refractivity contribution < 1.29 is 42.9 Å². The van der Waals surface area contributed by atoms with Gasteiger partial charge >= 0.3 is 17.9 Å². The van der Waals surface area contributed by atoms with Crippen LogP contribution in [0.3, 0.4) is 0 Å². The Morgan fingerprint density at radius 3 is 2.30 bits per heavy atom. The fourth-order valence-corrected chi connectivity index (χ4v) is 6.77. The summed E-state index contributed by atoms with van der Waals surface area (Å²) >= 11 is 1.21. The van der Waals surface area contributed by atoms with Crippen LogP contribution in [0.1, 0.15) is 34.1 Å². The number of aromatic nitrogens is 2. The number of hydrogen-bond acceptors (Lipinski definition) is 11. The number of carbonyl (C=O) groups is 4. The Morgan fingerprint density at radius 2 is 1.57 bits per heavy atom. The normalized spacial score (nSPS) is 20.8. The summed E-state index contributed by atoms with van der Waals surface area (Å²) in [5.74, 6) is -1.52. The van der Waals surface area contributed by atoms with E-state index in [4.69, 9.17) is 28.7 Å². The Hall–Kier alpha value is -4.62. The van der Waals surface area contributed by atoms with E-state index < -0.39 is 53.6 Å². The molecule has 13 heteroatoms. The summed E-state index contributed by atoms with van der Waals surface area (Å²) in [6.45, 7) is 5.70. The van der Waals surface area contributed by atoms with E-state index in [0.717, 1.165) is 27.6 Å². The average molecular weight is 664 g/mol. The topological polar surface area (TPSA) is 144 Å². The van der Waals surface area contributed by atoms with E-state index in [-0.39, 0.29) is 6.61 Å². The minimum absolute atomic E-state index is 0.280. The van der Waals surface area contributed by atoms with Crippen molar-refractivity contribution in [3.8, 4) is 5.75 Å². The van der Waals surface area contributed by atoms with E-state index in [0.29, 0.717) is 24.7 Å². The number of benzene rings is 3. The molecule has 248 valence electrons. The lowest BCUT2D eigenvalue weighted by molar-refractivity contribution is -0.211. The number of rotatable bonds is 12. The van der Waals surface area contributed by atoms with Crippen LogP contribution in [0.2, 0.25) is 0 Å². The summed E-state index contributed by atoms with van der Waals surface area (Å²) in [4.78, 5) is 53.4. The maximum Gasteiger partial charge on any atom is 0.303 e. The highest BCUT2D eigenvalue weighted by molar-refractivity contribution is 7.99. The number of esters is 3. The molecule has 1 N–H and O–H groups in total. The molecule has 4 aromatic rings. The zero-order chi connectivity index (χ0) is 33.5. The van der Waals surface area contributed by atoms with Crippen molar-refractivity contribution in [2.45, 2.75) is 75.6 Å². The summed E-state index contributed by atoms with van der Waals surface area (Å²) in [5, 5.41) is 5.63. The zero-order valence-corrected chi connectivity index (χ0v) is 27.4. The Labute approximate surface area is 276 Å². The third-order valence-corrected chi connectivity index (χ3v) is 8.59. The molecule has 1 fully saturated rings. The highest BCUT2D eigenvalue weighted by Crippen LogP contribution is 2.37. The van der Waals surface area contributed by atoms with Gasteiger partial charge in [0.1, 0.15) is 29.9 Å². The Bertz CT molecular complexity index is 1760. The molecule has 1 saturated heterocycles. The van der Waals surface area contributed by atoms with Crippen LogP contribution in [-0.4, -0.2) is 76.4 Å². The molecule has 12 nitrogen and oxygen atoms in total. The van der Waals surface area contributed by atoms with Crippen LogP contribution >= 0.6 is 11.8 Å². The molecule has 47 heavy (non-hydrogen) atoms. The van der Waals surface area contributed by atoms with Crippen molar-refractivity contribution in [1.82, 2.24) is 14.9 Å². The summed E-state index contributed by atoms with van der Waals surface area (Å²) in [6, 6.07) is 20.8. The van der Waals surface area contributed by atoms with Crippen LogP contribution < -0.4 is 10.1 Å². The largest absolute Gasteiger partial charge is 0.494 e. The van der Waals surface area contributed by atoms with Gasteiger partial charge in [-0.05, 0) is 41.5 Å². The lowest BCUT2D eigenvalue weighted by atomic mass is 9.97. The molecule has 5 atom stereocenters. The van der Waals surface area contributed by atoms with E-state index in [1.807, 2.05) is 65.2 Å². The molecule has 0 radical (unpaired) electrons. The minimum atomic E-state index is -1.17. The van der Waals surface area contributed by atoms with Crippen LogP contribution in [0.25, 0.3) is 21.8 Å². The van der Waals surface area contributed by atoms with Crippen LogP contribution in [0, 0.1) is 0 Å². The number of fused-ring (bicyclic) bond motifs is 2. The van der Waals surface area contributed by atoms with Crippen LogP contribution in [0.4, 0.5) is 0 Å². The number of aryl methyl sites for hydroxylation is 1. The maximum absolute atomic E-state index is 12.4. The first-order chi connectivity index (χ1) is 22.6. The molecule has 1 aliphatic heterocycles. The number of para-hydroxylation sites is 2. The number of ether oxygens (including phenoxy) is 5. The zero-order valence-electron chi connectivity index (χ0n) is 26.5. The monoisotopic (exact) mass is 663 g/mol. The van der Waals surface area contributed by atoms with Gasteiger partial charge in [-0.1, -0.05) is 54.2 Å². The molecule has 0 aliphatic carbocycles. The highest BCUT2D eigenvalue weighted by Gasteiger charge is 2.51. The van der Waals surface area contributed by atoms with Gasteiger partial charge in [0.05, 0.1) is 17.6 Å². The number of imidazole rings is 1. The predicted molar refractivity (Wildman–Crippen MR) is 174 cm³/mol. The van der Waals surface area contributed by atoms with E-state index in [1.165, 1.54) is 39.5 Å². The second kappa shape index (κ2) is 15.3. The molecule has 0 saturated carbocycles. The lowest BCUT2D eigenvalue weighted by Gasteiger charge is -2.44. The number of amides is 1. The molecule has 0 unspecified atom stereocenters. The molecule has 0 spiro atoms. The van der Waals surface area contributed by atoms with E-state index in [9.17, 15) is 19.2 Å². The number of carbonyl (C=O) groups excluding carboxylic acids is 4. The number of nitrogens with one attached hydrogen (secondary N) is 1. The fraction of sp³-hybridized carbons (Fsp3) is 0.382. The summed E-state index contributed by atoms with van der Waals surface area (Å²) < 4.78 is 30.9. The van der Waals surface area contributed by atoms with Crippen molar-refractivity contribution in [1.29, 1.82) is 0 Å². The first-order valence-electron chi connectivity index (χ1n) is 15.2. The smallest absolute Gasteiger partial charge is 0.303 e. The minimum Gasteiger partial charge on any atom is -0.494 e. The van der Waals surface area contributed by atoms with Gasteiger partial charge in [0.15, 0.2) is 17.4 Å². The molecule has 5 rings (SSSR count). The van der Waals surface area contributed by atoms with Crippen LogP contribution in [0.15, 0.2) is 71.9 Å². The quantitative estimate of drug-likeness (QED) is 0.131. The van der Waals surface area contributed by atoms with Crippen molar-refractivity contribution in [2.75, 3.05) is 13.2 Å². The van der Waals surface area contributed by atoms with Gasteiger partial charge in [-0.2, -0.15) is 0 Å². The predicted octanol–water partition coefficient (Wildman–Crippen LogP) is 4.41. The van der Waals surface area contributed by atoms with E-state index >= 15 is 0 Å². The molecular weight excluding hydrogens is 626 g/mol. The van der Waals surface area contributed by atoms with Gasteiger partial charge in [0.25, 0.3) is 0 Å². The number of nitrogens with zero attached hydrogens (tertiary/aromatic N) is 2. The van der Waals surface area contributed by atoms with Gasteiger partial charge in [0, 0.05) is 34.2 Å². The Morgan fingerprint density at radius 1 is 0.872 bits per heavy atom. The molecule has 1 amide bonds. The fourth-order valence-electron chi connectivity index (χ4n) is 5.52. The van der Waals surface area contributed by atoms with E-state index in [1.54, 1.807) is 0 Å². The second-order valence-corrected chi connectivity index (χ2v) is 12.1. The van der Waals surface area contributed by atoms with Crippen LogP contribution in [-0.2, 0) is 44.7 Å². The van der Waals surface area contributed by atoms with Gasteiger partial charge < -0.3 is 33.6 Å². The molecule has 0 bridgehead atoms. The second-order valence-electron chi connectivity index (χ2n) is 11.1. The van der Waals surface area contributed by atoms with Gasteiger partial charge in [0.2, 0.25) is 5.91 Å². The van der Waals surface area contributed by atoms with Gasteiger partial charge in [-0.15, -0.1) is 0 Å². The molecule has 2 heterocycles.